The first-order chi connectivity index (χ1) is 41.0. The Kier molecular flexibility index (Phi) is 69.6. The molecule has 0 saturated carbocycles. The quantitative estimate of drug-likeness (QED) is 0.0261. The highest BCUT2D eigenvalue weighted by Gasteiger charge is 2.19. The molecule has 0 saturated heterocycles. The van der Waals surface area contributed by atoms with Crippen LogP contribution in [0.3, 0.4) is 0 Å². The number of carbonyl (C=O) groups excluding carboxylic acids is 3. The zero-order chi connectivity index (χ0) is 59.9. The molecule has 6 heteroatoms. The predicted octanol–water partition coefficient (Wildman–Crippen LogP) is 25.7. The van der Waals surface area contributed by atoms with Gasteiger partial charge in [0.2, 0.25) is 0 Å². The molecule has 0 heterocycles. The molecule has 0 rings (SSSR count). The average Bonchev–Trinajstić information content (AvgIpc) is 3.49. The smallest absolute Gasteiger partial charge is 0.306 e. The van der Waals surface area contributed by atoms with Crippen molar-refractivity contribution in [3.05, 3.63) is 48.6 Å². The third-order valence-corrected chi connectivity index (χ3v) is 16.8. The van der Waals surface area contributed by atoms with E-state index in [0.717, 1.165) is 70.6 Å². The molecule has 0 N–H and O–H groups in total. The van der Waals surface area contributed by atoms with Crippen LogP contribution in [-0.2, 0) is 28.6 Å². The second kappa shape index (κ2) is 71.8. The minimum atomic E-state index is -0.775. The number of rotatable bonds is 69. The van der Waals surface area contributed by atoms with Gasteiger partial charge in [-0.1, -0.05) is 352 Å². The number of ether oxygens (including phenoxy) is 3. The van der Waals surface area contributed by atoms with Crippen molar-refractivity contribution in [3.63, 3.8) is 0 Å². The maximum absolute atomic E-state index is 13.0. The summed E-state index contributed by atoms with van der Waals surface area (Å²) in [5.41, 5.74) is 0. The summed E-state index contributed by atoms with van der Waals surface area (Å²) in [5.74, 6) is -0.843. The molecule has 0 aromatic rings. The molecule has 0 radical (unpaired) electrons. The van der Waals surface area contributed by atoms with Crippen molar-refractivity contribution < 1.29 is 28.6 Å². The van der Waals surface area contributed by atoms with Gasteiger partial charge in [-0.3, -0.25) is 14.4 Å². The number of carbonyl (C=O) groups is 3. The van der Waals surface area contributed by atoms with Crippen molar-refractivity contribution in [2.45, 2.75) is 412 Å². The zero-order valence-electron chi connectivity index (χ0n) is 56.0. The van der Waals surface area contributed by atoms with Crippen molar-refractivity contribution in [3.8, 4) is 0 Å². The molecule has 0 amide bonds. The van der Waals surface area contributed by atoms with E-state index in [2.05, 4.69) is 69.4 Å². The van der Waals surface area contributed by atoms with Crippen LogP contribution in [0, 0.1) is 0 Å². The van der Waals surface area contributed by atoms with Gasteiger partial charge < -0.3 is 14.2 Å². The van der Waals surface area contributed by atoms with Gasteiger partial charge in [0.15, 0.2) is 6.10 Å². The van der Waals surface area contributed by atoms with Gasteiger partial charge in [-0.25, -0.2) is 0 Å². The van der Waals surface area contributed by atoms with Crippen molar-refractivity contribution >= 4 is 17.9 Å². The first-order valence-corrected chi connectivity index (χ1v) is 37.1. The molecule has 6 nitrogen and oxygen atoms in total. The summed E-state index contributed by atoms with van der Waals surface area (Å²) in [7, 11) is 0. The molecular weight excluding hydrogens is 1020 g/mol. The fraction of sp³-hybridized carbons (Fsp3) is 0.857. The van der Waals surface area contributed by atoms with E-state index in [4.69, 9.17) is 14.2 Å². The van der Waals surface area contributed by atoms with Gasteiger partial charge in [0.1, 0.15) is 13.2 Å². The molecule has 0 fully saturated rings. The average molecular weight is 1160 g/mol. The molecule has 0 spiro atoms. The van der Waals surface area contributed by atoms with E-state index in [-0.39, 0.29) is 31.1 Å². The van der Waals surface area contributed by atoms with Crippen molar-refractivity contribution in [1.82, 2.24) is 0 Å². The monoisotopic (exact) mass is 1160 g/mol. The third-order valence-electron chi connectivity index (χ3n) is 16.8. The van der Waals surface area contributed by atoms with E-state index in [9.17, 15) is 14.4 Å². The topological polar surface area (TPSA) is 78.9 Å². The minimum Gasteiger partial charge on any atom is -0.462 e. The Hall–Kier alpha value is -2.63. The van der Waals surface area contributed by atoms with E-state index in [1.54, 1.807) is 0 Å². The summed E-state index contributed by atoms with van der Waals surface area (Å²) in [4.78, 5) is 38.6. The first-order valence-electron chi connectivity index (χ1n) is 37.1. The summed E-state index contributed by atoms with van der Waals surface area (Å²) in [6, 6.07) is 0. The van der Waals surface area contributed by atoms with Crippen molar-refractivity contribution in [1.29, 1.82) is 0 Å². The van der Waals surface area contributed by atoms with Crippen LogP contribution in [0.4, 0.5) is 0 Å². The number of allylic oxidation sites excluding steroid dienone is 8. The van der Waals surface area contributed by atoms with Crippen LogP contribution < -0.4 is 0 Å². The Labute approximate surface area is 518 Å². The van der Waals surface area contributed by atoms with Gasteiger partial charge in [0.05, 0.1) is 0 Å². The molecule has 0 aromatic carbocycles. The molecule has 1 unspecified atom stereocenters. The van der Waals surface area contributed by atoms with Crippen LogP contribution in [0.25, 0.3) is 0 Å². The van der Waals surface area contributed by atoms with Crippen LogP contribution in [0.1, 0.15) is 406 Å². The van der Waals surface area contributed by atoms with E-state index in [0.29, 0.717) is 19.3 Å². The van der Waals surface area contributed by atoms with Crippen LogP contribution in [-0.4, -0.2) is 37.2 Å². The highest BCUT2D eigenvalue weighted by molar-refractivity contribution is 5.71. The summed E-state index contributed by atoms with van der Waals surface area (Å²) in [5, 5.41) is 0. The van der Waals surface area contributed by atoms with Crippen molar-refractivity contribution in [2.75, 3.05) is 13.2 Å². The van der Waals surface area contributed by atoms with Crippen LogP contribution >= 0.6 is 0 Å². The van der Waals surface area contributed by atoms with E-state index >= 15 is 0 Å². The molecule has 0 aliphatic heterocycles. The van der Waals surface area contributed by atoms with Gasteiger partial charge in [-0.05, 0) is 83.5 Å². The lowest BCUT2D eigenvalue weighted by Gasteiger charge is -2.18. The Morgan fingerprint density at radius 3 is 0.687 bits per heavy atom. The van der Waals surface area contributed by atoms with E-state index < -0.39 is 6.10 Å². The number of esters is 3. The van der Waals surface area contributed by atoms with Gasteiger partial charge in [0, 0.05) is 19.3 Å². The lowest BCUT2D eigenvalue weighted by molar-refractivity contribution is -0.167. The summed E-state index contributed by atoms with van der Waals surface area (Å²) in [6.45, 7) is 6.68. The zero-order valence-corrected chi connectivity index (χ0v) is 56.0. The molecule has 0 aromatic heterocycles. The Balaban J connectivity index is 4.31. The fourth-order valence-corrected chi connectivity index (χ4v) is 11.2. The standard InChI is InChI=1S/C77H142O6/c1-4-7-10-13-16-19-22-25-28-31-34-36-37-38-39-41-43-46-49-52-55-58-61-64-67-70-76(79)82-73-74(72-81-75(78)69-66-63-60-57-54-51-48-45-42-33-30-27-24-21-18-15-12-9-6-3)83-77(80)71-68-65-62-59-56-53-50-47-44-40-35-32-29-26-23-20-17-14-11-8-5-2/h18,21-22,25,27,30-31,34,74H,4-17,19-20,23-24,26,28-29,32-33,35-73H2,1-3H3/b21-18-,25-22-,30-27-,34-31-. The van der Waals surface area contributed by atoms with Gasteiger partial charge in [-0.2, -0.15) is 0 Å². The molecule has 0 aliphatic carbocycles. The number of hydrogen-bond donors (Lipinski definition) is 0. The lowest BCUT2D eigenvalue weighted by Crippen LogP contribution is -2.30. The number of hydrogen-bond acceptors (Lipinski definition) is 6. The molecule has 1 atom stereocenters. The second-order valence-electron chi connectivity index (χ2n) is 25.2. The fourth-order valence-electron chi connectivity index (χ4n) is 11.2. The van der Waals surface area contributed by atoms with Gasteiger partial charge in [0.25, 0.3) is 0 Å². The molecule has 486 valence electrons. The molecular formula is C77H142O6. The normalized spacial score (nSPS) is 12.3. The van der Waals surface area contributed by atoms with Gasteiger partial charge in [-0.15, -0.1) is 0 Å². The Bertz CT molecular complexity index is 1430. The summed E-state index contributed by atoms with van der Waals surface area (Å²) >= 11 is 0. The number of unbranched alkanes of at least 4 members (excludes halogenated alkanes) is 50. The highest BCUT2D eigenvalue weighted by atomic mass is 16.6. The lowest BCUT2D eigenvalue weighted by atomic mass is 10.0. The first kappa shape index (κ1) is 80.4. The molecule has 0 bridgehead atoms. The summed E-state index contributed by atoms with van der Waals surface area (Å²) < 4.78 is 17.0. The predicted molar refractivity (Wildman–Crippen MR) is 362 cm³/mol. The highest BCUT2D eigenvalue weighted by Crippen LogP contribution is 2.19. The van der Waals surface area contributed by atoms with Crippen LogP contribution in [0.15, 0.2) is 48.6 Å². The van der Waals surface area contributed by atoms with E-state index in [1.165, 1.54) is 295 Å². The van der Waals surface area contributed by atoms with Crippen LogP contribution in [0.2, 0.25) is 0 Å². The maximum atomic E-state index is 13.0. The molecule has 0 aliphatic rings. The third kappa shape index (κ3) is 70.0. The van der Waals surface area contributed by atoms with E-state index in [1.807, 2.05) is 0 Å². The largest absolute Gasteiger partial charge is 0.462 e. The SMILES string of the molecule is CCCCC/C=C\C/C=C\CCCCCCCCCCCC(=O)OCC(COC(=O)CCCCCCCCCCCCCCC/C=C\C/C=C\CCCCCCC)OC(=O)CCCCCCCCCCCCCCCCCCCCCCC. The summed E-state index contributed by atoms with van der Waals surface area (Å²) in [6.07, 6.45) is 91.4. The van der Waals surface area contributed by atoms with Crippen LogP contribution in [0.5, 0.6) is 0 Å². The Morgan fingerprint density at radius 2 is 0.434 bits per heavy atom. The second-order valence-corrected chi connectivity index (χ2v) is 25.2. The van der Waals surface area contributed by atoms with Gasteiger partial charge >= 0.3 is 17.9 Å². The molecule has 83 heavy (non-hydrogen) atoms. The Morgan fingerprint density at radius 1 is 0.241 bits per heavy atom. The maximum Gasteiger partial charge on any atom is 0.306 e. The van der Waals surface area contributed by atoms with Crippen molar-refractivity contribution in [2.24, 2.45) is 0 Å². The minimum absolute atomic E-state index is 0.0699.